The summed E-state index contributed by atoms with van der Waals surface area (Å²) in [7, 11) is 3.18. The van der Waals surface area contributed by atoms with Crippen molar-refractivity contribution in [1.82, 2.24) is 0 Å². The molecule has 0 spiro atoms. The molecule has 0 aliphatic rings. The zero-order valence-corrected chi connectivity index (χ0v) is 7.82. The Bertz CT molecular complexity index is 223. The van der Waals surface area contributed by atoms with Gasteiger partial charge in [-0.15, -0.1) is 0 Å². The van der Waals surface area contributed by atoms with Crippen molar-refractivity contribution in [3.8, 4) is 5.75 Å². The second kappa shape index (κ2) is 5.56. The van der Waals surface area contributed by atoms with Gasteiger partial charge in [0.15, 0.2) is 0 Å². The van der Waals surface area contributed by atoms with Gasteiger partial charge < -0.3 is 14.2 Å². The van der Waals surface area contributed by atoms with E-state index in [4.69, 9.17) is 14.2 Å². The molecule has 0 saturated heterocycles. The topological polar surface area (TPSA) is 27.7 Å². The van der Waals surface area contributed by atoms with E-state index in [1.165, 1.54) is 0 Å². The van der Waals surface area contributed by atoms with E-state index < -0.39 is 0 Å². The molecule has 0 heterocycles. The highest BCUT2D eigenvalue weighted by molar-refractivity contribution is 5.20. The predicted octanol–water partition coefficient (Wildman–Crippen LogP) is 1.48. The molecule has 0 aromatic heterocycles. The van der Waals surface area contributed by atoms with Crippen molar-refractivity contribution >= 4 is 0 Å². The highest BCUT2D eigenvalue weighted by atomic mass is 16.7. The van der Waals surface area contributed by atoms with E-state index in [-0.39, 0.29) is 6.29 Å². The molecule has 1 rings (SSSR count). The summed E-state index contributed by atoms with van der Waals surface area (Å²) in [5.41, 5.74) is 0. The van der Waals surface area contributed by atoms with Gasteiger partial charge in [0.1, 0.15) is 12.4 Å². The van der Waals surface area contributed by atoms with Gasteiger partial charge in [-0.1, -0.05) is 12.1 Å². The number of benzene rings is 1. The molecule has 0 amide bonds. The molecule has 0 N–H and O–H groups in total. The summed E-state index contributed by atoms with van der Waals surface area (Å²) in [6.45, 7) is 0.408. The third kappa shape index (κ3) is 3.44. The molecule has 0 bridgehead atoms. The average molecular weight is 181 g/mol. The average Bonchev–Trinajstić information content (AvgIpc) is 2.19. The van der Waals surface area contributed by atoms with Crippen LogP contribution in [0.5, 0.6) is 5.75 Å². The van der Waals surface area contributed by atoms with E-state index in [2.05, 4.69) is 6.07 Å². The van der Waals surface area contributed by atoms with Crippen LogP contribution in [0, 0.1) is 6.07 Å². The van der Waals surface area contributed by atoms with E-state index in [9.17, 15) is 0 Å². The van der Waals surface area contributed by atoms with Crippen LogP contribution in [0.15, 0.2) is 24.3 Å². The predicted molar refractivity (Wildman–Crippen MR) is 48.6 cm³/mol. The van der Waals surface area contributed by atoms with Gasteiger partial charge in [0, 0.05) is 14.2 Å². The lowest BCUT2D eigenvalue weighted by molar-refractivity contribution is -0.0931. The van der Waals surface area contributed by atoms with Crippen LogP contribution in [0.25, 0.3) is 0 Å². The van der Waals surface area contributed by atoms with Gasteiger partial charge in [-0.2, -0.15) is 0 Å². The fourth-order valence-corrected chi connectivity index (χ4v) is 0.888. The van der Waals surface area contributed by atoms with Gasteiger partial charge in [0.05, 0.1) is 0 Å². The van der Waals surface area contributed by atoms with Gasteiger partial charge in [0.2, 0.25) is 6.29 Å². The first kappa shape index (κ1) is 10.0. The monoisotopic (exact) mass is 181 g/mol. The van der Waals surface area contributed by atoms with Crippen LogP contribution in [0.3, 0.4) is 0 Å². The first-order chi connectivity index (χ1) is 6.36. The van der Waals surface area contributed by atoms with Crippen LogP contribution in [0.1, 0.15) is 0 Å². The molecule has 1 unspecified atom stereocenters. The molecule has 0 fully saturated rings. The summed E-state index contributed by atoms with van der Waals surface area (Å²) in [6.07, 6.45) is -0.360. The second-order valence-corrected chi connectivity index (χ2v) is 2.48. The molecule has 0 aliphatic heterocycles. The number of methoxy groups -OCH3 is 2. The maximum atomic E-state index is 5.43. The molecule has 1 radical (unpaired) electrons. The standard InChI is InChI=1S/C10H13O3/c1-11-8-10(12-2)13-9-6-4-3-5-7-9/h3-4,6-7,10H,8H2,1-2H3. The van der Waals surface area contributed by atoms with Crippen LogP contribution in [0.4, 0.5) is 0 Å². The minimum atomic E-state index is -0.360. The van der Waals surface area contributed by atoms with E-state index in [1.54, 1.807) is 20.3 Å². The summed E-state index contributed by atoms with van der Waals surface area (Å²) in [4.78, 5) is 0. The lowest BCUT2D eigenvalue weighted by Gasteiger charge is -2.15. The molecule has 0 aliphatic carbocycles. The minimum absolute atomic E-state index is 0.360. The molecule has 1 aromatic carbocycles. The van der Waals surface area contributed by atoms with Crippen LogP contribution < -0.4 is 4.74 Å². The molecule has 1 atom stereocenters. The number of rotatable bonds is 5. The molecule has 71 valence electrons. The Morgan fingerprint density at radius 2 is 2.31 bits per heavy atom. The highest BCUT2D eigenvalue weighted by Crippen LogP contribution is 2.10. The summed E-state index contributed by atoms with van der Waals surface area (Å²) in [5.74, 6) is 0.728. The minimum Gasteiger partial charge on any atom is -0.462 e. The largest absolute Gasteiger partial charge is 0.462 e. The smallest absolute Gasteiger partial charge is 0.223 e. The molecule has 3 nitrogen and oxygen atoms in total. The van der Waals surface area contributed by atoms with E-state index in [0.717, 1.165) is 5.75 Å². The number of hydrogen-bond donors (Lipinski definition) is 0. The molecular formula is C10H13O3. The molecular weight excluding hydrogens is 168 g/mol. The fourth-order valence-electron chi connectivity index (χ4n) is 0.888. The first-order valence-electron chi connectivity index (χ1n) is 4.01. The van der Waals surface area contributed by atoms with Crippen LogP contribution in [-0.2, 0) is 9.47 Å². The summed E-state index contributed by atoms with van der Waals surface area (Å²) in [6, 6.07) is 10.2. The van der Waals surface area contributed by atoms with E-state index in [1.807, 2.05) is 18.2 Å². The van der Waals surface area contributed by atoms with Crippen molar-refractivity contribution in [2.75, 3.05) is 20.8 Å². The first-order valence-corrected chi connectivity index (χ1v) is 4.01. The Morgan fingerprint density at radius 3 is 2.85 bits per heavy atom. The Morgan fingerprint density at radius 1 is 1.46 bits per heavy atom. The molecule has 0 saturated carbocycles. The van der Waals surface area contributed by atoms with Crippen molar-refractivity contribution in [2.24, 2.45) is 0 Å². The summed E-state index contributed by atoms with van der Waals surface area (Å²) >= 11 is 0. The SMILES string of the molecule is COCC(OC)Oc1c[c]ccc1. The quantitative estimate of drug-likeness (QED) is 0.644. The van der Waals surface area contributed by atoms with E-state index in [0.29, 0.717) is 6.61 Å². The van der Waals surface area contributed by atoms with Crippen molar-refractivity contribution in [1.29, 1.82) is 0 Å². The van der Waals surface area contributed by atoms with E-state index >= 15 is 0 Å². The Hall–Kier alpha value is -1.06. The van der Waals surface area contributed by atoms with Crippen LogP contribution in [0.2, 0.25) is 0 Å². The molecule has 3 heteroatoms. The number of ether oxygens (including phenoxy) is 3. The Balaban J connectivity index is 2.46. The molecule has 1 aromatic rings. The lowest BCUT2D eigenvalue weighted by Crippen LogP contribution is -2.24. The summed E-state index contributed by atoms with van der Waals surface area (Å²) in [5, 5.41) is 0. The van der Waals surface area contributed by atoms with Gasteiger partial charge in [-0.05, 0) is 18.2 Å². The van der Waals surface area contributed by atoms with Crippen molar-refractivity contribution < 1.29 is 14.2 Å². The summed E-state index contributed by atoms with van der Waals surface area (Å²) < 4.78 is 15.4. The lowest BCUT2D eigenvalue weighted by atomic mass is 10.3. The second-order valence-electron chi connectivity index (χ2n) is 2.48. The number of hydrogen-bond acceptors (Lipinski definition) is 3. The normalized spacial score (nSPS) is 12.5. The highest BCUT2D eigenvalue weighted by Gasteiger charge is 2.07. The van der Waals surface area contributed by atoms with Gasteiger partial charge >= 0.3 is 0 Å². The molecule has 13 heavy (non-hydrogen) atoms. The van der Waals surface area contributed by atoms with Gasteiger partial charge in [-0.25, -0.2) is 0 Å². The Labute approximate surface area is 78.2 Å². The maximum absolute atomic E-state index is 5.43. The zero-order chi connectivity index (χ0) is 9.52. The van der Waals surface area contributed by atoms with Crippen molar-refractivity contribution in [3.05, 3.63) is 30.3 Å². The van der Waals surface area contributed by atoms with Crippen molar-refractivity contribution in [2.45, 2.75) is 6.29 Å². The maximum Gasteiger partial charge on any atom is 0.223 e. The van der Waals surface area contributed by atoms with Crippen LogP contribution in [-0.4, -0.2) is 27.1 Å². The fraction of sp³-hybridized carbons (Fsp3) is 0.400. The third-order valence-electron chi connectivity index (χ3n) is 1.51. The Kier molecular flexibility index (Phi) is 4.29. The van der Waals surface area contributed by atoms with Gasteiger partial charge in [0.25, 0.3) is 0 Å². The van der Waals surface area contributed by atoms with Gasteiger partial charge in [-0.3, -0.25) is 0 Å². The third-order valence-corrected chi connectivity index (χ3v) is 1.51. The van der Waals surface area contributed by atoms with Crippen molar-refractivity contribution in [3.63, 3.8) is 0 Å². The zero-order valence-electron chi connectivity index (χ0n) is 7.82. The van der Waals surface area contributed by atoms with Crippen LogP contribution >= 0.6 is 0 Å².